The van der Waals surface area contributed by atoms with Crippen molar-refractivity contribution < 1.29 is 24.4 Å². The molecule has 30 heavy (non-hydrogen) atoms. The maximum atomic E-state index is 10.2. The first-order valence-corrected chi connectivity index (χ1v) is 12.6. The highest BCUT2D eigenvalue weighted by molar-refractivity contribution is 5.16. The Hall–Kier alpha value is -0.460. The molecule has 3 rings (SSSR count). The van der Waals surface area contributed by atoms with Crippen molar-refractivity contribution in [1.29, 1.82) is 0 Å². The summed E-state index contributed by atoms with van der Waals surface area (Å²) < 4.78 is 17.2. The quantitative estimate of drug-likeness (QED) is 0.190. The Morgan fingerprint density at radius 2 is 1.67 bits per heavy atom. The van der Waals surface area contributed by atoms with Gasteiger partial charge in [0.1, 0.15) is 0 Å². The molecule has 0 radical (unpaired) electrons. The molecule has 0 bridgehead atoms. The van der Waals surface area contributed by atoms with Gasteiger partial charge < -0.3 is 24.4 Å². The Balaban J connectivity index is 1.13. The number of epoxide rings is 1. The molecule has 3 fully saturated rings. The van der Waals surface area contributed by atoms with Gasteiger partial charge in [0.15, 0.2) is 6.10 Å². The number of unbranched alkanes of at least 4 members (excludes halogenated alkanes) is 11. The van der Waals surface area contributed by atoms with Crippen LogP contribution in [-0.2, 0) is 14.2 Å². The minimum Gasteiger partial charge on any atom is -0.390 e. The zero-order valence-corrected chi connectivity index (χ0v) is 19.2. The maximum absolute atomic E-state index is 10.2. The number of ether oxygens (including phenoxy) is 3. The molecule has 174 valence electrons. The first-order valence-electron chi connectivity index (χ1n) is 12.6. The van der Waals surface area contributed by atoms with Gasteiger partial charge in [0.25, 0.3) is 0 Å². The Morgan fingerprint density at radius 3 is 2.33 bits per heavy atom. The molecule has 5 heteroatoms. The number of rotatable bonds is 17. The number of aliphatic hydroxyl groups excluding tert-OH is 2. The number of hydrogen-bond acceptors (Lipinski definition) is 5. The fraction of sp³-hybridized carbons (Fsp3) is 0.920. The van der Waals surface area contributed by atoms with Crippen molar-refractivity contribution >= 4 is 0 Å². The number of allylic oxidation sites excluding steroid dienone is 1. The molecule has 0 aromatic carbocycles. The molecule has 5 nitrogen and oxygen atoms in total. The van der Waals surface area contributed by atoms with Crippen molar-refractivity contribution in [2.45, 2.75) is 134 Å². The van der Waals surface area contributed by atoms with Crippen molar-refractivity contribution in [2.75, 3.05) is 6.61 Å². The van der Waals surface area contributed by atoms with Crippen LogP contribution in [0.1, 0.15) is 104 Å². The van der Waals surface area contributed by atoms with E-state index in [0.717, 1.165) is 12.8 Å². The first kappa shape index (κ1) is 24.2. The third-order valence-electron chi connectivity index (χ3n) is 6.98. The molecule has 1 saturated carbocycles. The summed E-state index contributed by atoms with van der Waals surface area (Å²) in [5.41, 5.74) is -0.306. The third-order valence-corrected chi connectivity index (χ3v) is 6.98. The van der Waals surface area contributed by atoms with E-state index in [-0.39, 0.29) is 17.6 Å². The van der Waals surface area contributed by atoms with Gasteiger partial charge in [0, 0.05) is 12.3 Å². The lowest BCUT2D eigenvalue weighted by Gasteiger charge is -2.26. The van der Waals surface area contributed by atoms with E-state index < -0.39 is 18.2 Å². The number of aliphatic hydroxyl groups is 2. The minimum atomic E-state index is -1.07. The Labute approximate surface area is 183 Å². The molecule has 2 aliphatic heterocycles. The predicted molar refractivity (Wildman–Crippen MR) is 118 cm³/mol. The fourth-order valence-corrected chi connectivity index (χ4v) is 4.76. The third kappa shape index (κ3) is 6.77. The lowest BCUT2D eigenvalue weighted by atomic mass is 10.1. The van der Waals surface area contributed by atoms with E-state index >= 15 is 0 Å². The van der Waals surface area contributed by atoms with Crippen molar-refractivity contribution in [3.63, 3.8) is 0 Å². The summed E-state index contributed by atoms with van der Waals surface area (Å²) >= 11 is 0. The molecule has 3 aliphatic rings. The molecule has 2 saturated heterocycles. The molecule has 6 atom stereocenters. The summed E-state index contributed by atoms with van der Waals surface area (Å²) in [5, 5.41) is 20.3. The number of fused-ring (bicyclic) bond motifs is 2. The second-order valence-electron chi connectivity index (χ2n) is 9.81. The van der Waals surface area contributed by atoms with Crippen LogP contribution in [0.2, 0.25) is 0 Å². The lowest BCUT2D eigenvalue weighted by Crippen LogP contribution is -2.42. The van der Waals surface area contributed by atoms with Gasteiger partial charge >= 0.3 is 5.97 Å². The summed E-state index contributed by atoms with van der Waals surface area (Å²) in [6, 6.07) is 0. The number of hydrogen-bond donors (Lipinski definition) is 2. The summed E-state index contributed by atoms with van der Waals surface area (Å²) in [5.74, 6) is -0.897. The van der Waals surface area contributed by atoms with Crippen LogP contribution < -0.4 is 0 Å². The standard InChI is InChI=1S/C25H44O5/c1-3-4-5-6-7-8-9-10-11-12-13-14-15-16-20(26)17-18-28-25-23(29-25)22(27)21-19-24(21,2)30-25/h15-16,20-23,26-27H,3-14,17-19H2,1-2H3. The molecule has 0 aromatic rings. The maximum Gasteiger partial charge on any atom is 0.314 e. The fourth-order valence-electron chi connectivity index (χ4n) is 4.76. The summed E-state index contributed by atoms with van der Waals surface area (Å²) in [6.07, 6.45) is 19.9. The zero-order valence-electron chi connectivity index (χ0n) is 19.2. The van der Waals surface area contributed by atoms with Gasteiger partial charge in [-0.1, -0.05) is 83.3 Å². The Morgan fingerprint density at radius 1 is 1.03 bits per heavy atom. The topological polar surface area (TPSA) is 71.5 Å². The SMILES string of the molecule is CCCCCCCCCCCCCC=CC(O)CCOC12OC1C(O)C1CC1(C)O2. The van der Waals surface area contributed by atoms with Crippen LogP contribution >= 0.6 is 0 Å². The van der Waals surface area contributed by atoms with Crippen molar-refractivity contribution in [3.8, 4) is 0 Å². The van der Waals surface area contributed by atoms with E-state index in [4.69, 9.17) is 14.2 Å². The Bertz CT molecular complexity index is 538. The highest BCUT2D eigenvalue weighted by Gasteiger charge is 2.78. The molecular formula is C25H44O5. The first-order chi connectivity index (χ1) is 14.5. The van der Waals surface area contributed by atoms with Crippen LogP contribution in [-0.4, -0.2) is 46.7 Å². The monoisotopic (exact) mass is 424 g/mol. The molecule has 0 amide bonds. The molecule has 0 aromatic heterocycles. The van der Waals surface area contributed by atoms with E-state index in [0.29, 0.717) is 13.0 Å². The van der Waals surface area contributed by atoms with Crippen LogP contribution in [0, 0.1) is 5.92 Å². The van der Waals surface area contributed by atoms with E-state index in [9.17, 15) is 10.2 Å². The van der Waals surface area contributed by atoms with Crippen LogP contribution in [0.3, 0.4) is 0 Å². The lowest BCUT2D eigenvalue weighted by molar-refractivity contribution is -0.268. The van der Waals surface area contributed by atoms with Gasteiger partial charge in [-0.15, -0.1) is 0 Å². The van der Waals surface area contributed by atoms with Gasteiger partial charge in [-0.2, -0.15) is 0 Å². The van der Waals surface area contributed by atoms with Crippen molar-refractivity contribution in [1.82, 2.24) is 0 Å². The molecular weight excluding hydrogens is 380 g/mol. The molecule has 1 aliphatic carbocycles. The second-order valence-corrected chi connectivity index (χ2v) is 9.81. The highest BCUT2D eigenvalue weighted by Crippen LogP contribution is 2.63. The smallest absolute Gasteiger partial charge is 0.314 e. The van der Waals surface area contributed by atoms with Crippen LogP contribution in [0.15, 0.2) is 12.2 Å². The molecule has 0 spiro atoms. The highest BCUT2D eigenvalue weighted by atomic mass is 17.0. The largest absolute Gasteiger partial charge is 0.390 e. The van der Waals surface area contributed by atoms with Gasteiger partial charge in [-0.05, 0) is 26.2 Å². The minimum absolute atomic E-state index is 0.172. The summed E-state index contributed by atoms with van der Waals surface area (Å²) in [6.45, 7) is 4.62. The van der Waals surface area contributed by atoms with Gasteiger partial charge in [0.2, 0.25) is 0 Å². The average Bonchev–Trinajstić information content (AvgIpc) is 3.60. The zero-order chi connectivity index (χ0) is 21.5. The van der Waals surface area contributed by atoms with E-state index in [2.05, 4.69) is 13.0 Å². The van der Waals surface area contributed by atoms with Crippen LogP contribution in [0.5, 0.6) is 0 Å². The van der Waals surface area contributed by atoms with Gasteiger partial charge in [-0.25, -0.2) is 0 Å². The predicted octanol–water partition coefficient (Wildman–Crippen LogP) is 5.23. The van der Waals surface area contributed by atoms with Gasteiger partial charge in [-0.3, -0.25) is 0 Å². The van der Waals surface area contributed by atoms with Crippen molar-refractivity contribution in [2.24, 2.45) is 5.92 Å². The molecule has 6 unspecified atom stereocenters. The molecule has 2 heterocycles. The van der Waals surface area contributed by atoms with Gasteiger partial charge in [0.05, 0.1) is 24.4 Å². The second kappa shape index (κ2) is 11.4. The van der Waals surface area contributed by atoms with E-state index in [1.165, 1.54) is 70.6 Å². The van der Waals surface area contributed by atoms with E-state index in [1.54, 1.807) is 0 Å². The Kier molecular flexibility index (Phi) is 9.21. The summed E-state index contributed by atoms with van der Waals surface area (Å²) in [7, 11) is 0. The van der Waals surface area contributed by atoms with Crippen LogP contribution in [0.25, 0.3) is 0 Å². The van der Waals surface area contributed by atoms with Crippen molar-refractivity contribution in [3.05, 3.63) is 12.2 Å². The average molecular weight is 425 g/mol. The van der Waals surface area contributed by atoms with E-state index in [1.807, 2.05) is 13.0 Å². The van der Waals surface area contributed by atoms with Crippen LogP contribution in [0.4, 0.5) is 0 Å². The summed E-state index contributed by atoms with van der Waals surface area (Å²) in [4.78, 5) is 0. The normalized spacial score (nSPS) is 35.3. The molecule has 2 N–H and O–H groups in total.